The van der Waals surface area contributed by atoms with Gasteiger partial charge in [-0.05, 0) is 55.2 Å². The molecule has 2 heterocycles. The molecule has 0 bridgehead atoms. The highest BCUT2D eigenvalue weighted by Gasteiger charge is 2.49. The number of ether oxygens (including phenoxy) is 1. The molecule has 1 saturated heterocycles. The van der Waals surface area contributed by atoms with Crippen LogP contribution in [-0.2, 0) is 9.59 Å². The molecule has 2 fully saturated rings. The Morgan fingerprint density at radius 3 is 2.32 bits per heavy atom. The molecule has 1 amide bonds. The third-order valence-corrected chi connectivity index (χ3v) is 6.83. The fraction of sp³-hybridized carbons (Fsp3) is 0.296. The number of hydrogen-bond donors (Lipinski definition) is 1. The van der Waals surface area contributed by atoms with Gasteiger partial charge in [-0.1, -0.05) is 36.6 Å². The topological polar surface area (TPSA) is 92.9 Å². The third-order valence-electron chi connectivity index (χ3n) is 6.83. The summed E-state index contributed by atoms with van der Waals surface area (Å²) in [6.07, 6.45) is 6.53. The van der Waals surface area contributed by atoms with Gasteiger partial charge >= 0.3 is 0 Å². The number of rotatable bonds is 5. The number of carbonyl (C=O) groups is 2. The van der Waals surface area contributed by atoms with Crippen LogP contribution in [0.4, 0.5) is 5.69 Å². The quantitative estimate of drug-likeness (QED) is 0.322. The van der Waals surface area contributed by atoms with Gasteiger partial charge in [0.15, 0.2) is 0 Å². The van der Waals surface area contributed by atoms with Gasteiger partial charge in [0.25, 0.3) is 11.7 Å². The molecule has 1 atom stereocenters. The van der Waals surface area contributed by atoms with E-state index in [1.54, 1.807) is 42.3 Å². The van der Waals surface area contributed by atoms with E-state index in [0.717, 1.165) is 37.7 Å². The number of hydrogen-bond acceptors (Lipinski definition) is 6. The summed E-state index contributed by atoms with van der Waals surface area (Å²) in [5.41, 5.74) is 2.83. The van der Waals surface area contributed by atoms with Crippen molar-refractivity contribution in [3.05, 3.63) is 72.0 Å². The van der Waals surface area contributed by atoms with Crippen molar-refractivity contribution in [1.82, 2.24) is 5.16 Å². The fourth-order valence-corrected chi connectivity index (χ4v) is 5.09. The van der Waals surface area contributed by atoms with Crippen LogP contribution in [0.5, 0.6) is 5.75 Å². The summed E-state index contributed by atoms with van der Waals surface area (Å²) in [4.78, 5) is 28.1. The van der Waals surface area contributed by atoms with Crippen molar-refractivity contribution in [3.63, 3.8) is 0 Å². The van der Waals surface area contributed by atoms with Gasteiger partial charge in [0.2, 0.25) is 0 Å². The van der Waals surface area contributed by atoms with Gasteiger partial charge in [0, 0.05) is 22.9 Å². The molecule has 0 spiro atoms. The summed E-state index contributed by atoms with van der Waals surface area (Å²) in [6.45, 7) is 0. The van der Waals surface area contributed by atoms with Crippen molar-refractivity contribution < 1.29 is 24.0 Å². The largest absolute Gasteiger partial charge is 0.507 e. The Labute approximate surface area is 197 Å². The first kappa shape index (κ1) is 21.9. The van der Waals surface area contributed by atoms with Gasteiger partial charge in [0.1, 0.15) is 23.5 Å². The first-order chi connectivity index (χ1) is 16.6. The number of carbonyl (C=O) groups excluding carboxylic acids is 2. The Hall–Kier alpha value is -3.87. The van der Waals surface area contributed by atoms with Crippen molar-refractivity contribution in [3.8, 4) is 17.0 Å². The van der Waals surface area contributed by atoms with E-state index in [-0.39, 0.29) is 17.3 Å². The van der Waals surface area contributed by atoms with Crippen LogP contribution in [0.15, 0.2) is 71.0 Å². The van der Waals surface area contributed by atoms with E-state index >= 15 is 0 Å². The summed E-state index contributed by atoms with van der Waals surface area (Å²) in [6, 6.07) is 15.4. The van der Waals surface area contributed by atoms with E-state index in [4.69, 9.17) is 9.26 Å². The Kier molecular flexibility index (Phi) is 5.92. The zero-order chi connectivity index (χ0) is 23.7. The summed E-state index contributed by atoms with van der Waals surface area (Å²) in [5.74, 6) is -0.662. The SMILES string of the molecule is COc1ccc(C(O)=C2C(=O)C(=O)N(c3ccc(-c4ccon4)cc3)C2C2CCCCC2)cc1. The highest BCUT2D eigenvalue weighted by Crippen LogP contribution is 2.41. The highest BCUT2D eigenvalue weighted by atomic mass is 16.5. The number of aliphatic hydroxyl groups is 1. The maximum absolute atomic E-state index is 13.3. The number of aromatic nitrogens is 1. The lowest BCUT2D eigenvalue weighted by Gasteiger charge is -2.34. The van der Waals surface area contributed by atoms with E-state index in [1.807, 2.05) is 24.3 Å². The maximum Gasteiger partial charge on any atom is 0.299 e. The first-order valence-electron chi connectivity index (χ1n) is 11.5. The number of ketones is 1. The molecule has 1 aromatic heterocycles. The standard InChI is InChI=1S/C27H26N2O5/c1-33-21-13-9-19(10-14-21)25(30)23-24(18-5-3-2-4-6-18)29(27(32)26(23)31)20-11-7-17(8-12-20)22-15-16-34-28-22/h7-16,18,24,30H,2-6H2,1H3. The van der Waals surface area contributed by atoms with Crippen molar-refractivity contribution in [2.24, 2.45) is 5.92 Å². The van der Waals surface area contributed by atoms with Crippen LogP contribution >= 0.6 is 0 Å². The summed E-state index contributed by atoms with van der Waals surface area (Å²) in [5, 5.41) is 15.2. The molecule has 1 N–H and O–H groups in total. The smallest absolute Gasteiger partial charge is 0.299 e. The molecule has 1 aliphatic carbocycles. The molecule has 2 aromatic carbocycles. The van der Waals surface area contributed by atoms with E-state index in [2.05, 4.69) is 5.16 Å². The molecule has 7 nitrogen and oxygen atoms in total. The molecule has 3 aromatic rings. The van der Waals surface area contributed by atoms with Crippen LogP contribution in [0, 0.1) is 5.92 Å². The van der Waals surface area contributed by atoms with E-state index < -0.39 is 17.7 Å². The van der Waals surface area contributed by atoms with Crippen molar-refractivity contribution in [2.45, 2.75) is 38.1 Å². The minimum absolute atomic E-state index is 0.0924. The van der Waals surface area contributed by atoms with E-state index in [0.29, 0.717) is 22.7 Å². The number of Topliss-reactive ketones (excluding diaryl/α,β-unsaturated/α-hetero) is 1. The molecule has 0 radical (unpaired) electrons. The molecule has 1 unspecified atom stereocenters. The van der Waals surface area contributed by atoms with Crippen LogP contribution in [-0.4, -0.2) is 35.1 Å². The van der Waals surface area contributed by atoms with Gasteiger partial charge in [-0.2, -0.15) is 0 Å². The number of nitrogens with zero attached hydrogens (tertiary/aromatic N) is 2. The van der Waals surface area contributed by atoms with E-state index in [1.165, 1.54) is 6.26 Å². The van der Waals surface area contributed by atoms with Crippen LogP contribution in [0.3, 0.4) is 0 Å². The van der Waals surface area contributed by atoms with Gasteiger partial charge in [-0.25, -0.2) is 0 Å². The Balaban J connectivity index is 1.58. The molecule has 174 valence electrons. The van der Waals surface area contributed by atoms with Crippen LogP contribution in [0.25, 0.3) is 17.0 Å². The maximum atomic E-state index is 13.3. The minimum atomic E-state index is -0.649. The molecule has 2 aliphatic rings. The summed E-state index contributed by atoms with van der Waals surface area (Å²) < 4.78 is 10.1. The Morgan fingerprint density at radius 1 is 1.00 bits per heavy atom. The van der Waals surface area contributed by atoms with Crippen LogP contribution in [0.1, 0.15) is 37.7 Å². The van der Waals surface area contributed by atoms with Crippen molar-refractivity contribution >= 4 is 23.1 Å². The number of anilines is 1. The predicted octanol–water partition coefficient (Wildman–Crippen LogP) is 5.18. The zero-order valence-corrected chi connectivity index (χ0v) is 18.9. The molecule has 5 rings (SSSR count). The lowest BCUT2D eigenvalue weighted by molar-refractivity contribution is -0.132. The molecule has 1 aliphatic heterocycles. The molecular formula is C27H26N2O5. The fourth-order valence-electron chi connectivity index (χ4n) is 5.09. The molecule has 34 heavy (non-hydrogen) atoms. The minimum Gasteiger partial charge on any atom is -0.507 e. The van der Waals surface area contributed by atoms with Crippen LogP contribution < -0.4 is 9.64 Å². The lowest BCUT2D eigenvalue weighted by atomic mass is 9.80. The number of aliphatic hydroxyl groups excluding tert-OH is 1. The van der Waals surface area contributed by atoms with Crippen LogP contribution in [0.2, 0.25) is 0 Å². The first-order valence-corrected chi connectivity index (χ1v) is 11.5. The Morgan fingerprint density at radius 2 is 1.71 bits per heavy atom. The van der Waals surface area contributed by atoms with Gasteiger partial charge in [-0.3, -0.25) is 14.5 Å². The second-order valence-electron chi connectivity index (χ2n) is 8.77. The van der Waals surface area contributed by atoms with Crippen molar-refractivity contribution in [2.75, 3.05) is 12.0 Å². The third kappa shape index (κ3) is 3.87. The summed E-state index contributed by atoms with van der Waals surface area (Å²) in [7, 11) is 1.57. The van der Waals surface area contributed by atoms with Crippen molar-refractivity contribution in [1.29, 1.82) is 0 Å². The van der Waals surface area contributed by atoms with Gasteiger partial charge in [0.05, 0.1) is 18.7 Å². The second kappa shape index (κ2) is 9.17. The average Bonchev–Trinajstić information content (AvgIpc) is 3.52. The lowest BCUT2D eigenvalue weighted by Crippen LogP contribution is -2.40. The monoisotopic (exact) mass is 458 g/mol. The molecular weight excluding hydrogens is 432 g/mol. The molecule has 7 heteroatoms. The average molecular weight is 459 g/mol. The highest BCUT2D eigenvalue weighted by molar-refractivity contribution is 6.51. The summed E-state index contributed by atoms with van der Waals surface area (Å²) >= 11 is 0. The normalized spacial score (nSPS) is 20.6. The Bertz CT molecular complexity index is 1210. The molecule has 1 saturated carbocycles. The van der Waals surface area contributed by atoms with Gasteiger partial charge < -0.3 is 14.4 Å². The van der Waals surface area contributed by atoms with Gasteiger partial charge in [-0.15, -0.1) is 0 Å². The van der Waals surface area contributed by atoms with E-state index in [9.17, 15) is 14.7 Å². The second-order valence-corrected chi connectivity index (χ2v) is 8.77. The predicted molar refractivity (Wildman–Crippen MR) is 127 cm³/mol. The zero-order valence-electron chi connectivity index (χ0n) is 18.9. The number of amides is 1. The number of methoxy groups -OCH3 is 1. The number of benzene rings is 2.